The molecule has 0 radical (unpaired) electrons. The Balaban J connectivity index is 1.72. The highest BCUT2D eigenvalue weighted by Crippen LogP contribution is 2.33. The van der Waals surface area contributed by atoms with Gasteiger partial charge in [-0.05, 0) is 49.4 Å². The maximum absolute atomic E-state index is 8.92. The average Bonchev–Trinajstić information content (AvgIpc) is 2.95. The first-order chi connectivity index (χ1) is 9.86. The molecule has 1 aromatic heterocycles. The summed E-state index contributed by atoms with van der Waals surface area (Å²) in [6.07, 6.45) is 6.90. The van der Waals surface area contributed by atoms with Gasteiger partial charge < -0.3 is 14.8 Å². The summed E-state index contributed by atoms with van der Waals surface area (Å²) < 4.78 is 5.53. The molecule has 3 rings (SSSR count). The summed E-state index contributed by atoms with van der Waals surface area (Å²) in [6.45, 7) is 0.249. The Morgan fingerprint density at radius 1 is 1.30 bits per heavy atom. The lowest BCUT2D eigenvalue weighted by atomic mass is 9.93. The monoisotopic (exact) mass is 271 g/mol. The molecule has 0 saturated carbocycles. The molecule has 2 N–H and O–H groups in total. The van der Waals surface area contributed by atoms with E-state index >= 15 is 0 Å². The summed E-state index contributed by atoms with van der Waals surface area (Å²) in [5.41, 5.74) is 3.73. The fraction of sp³-hybridized carbons (Fsp3) is 0.412. The Morgan fingerprint density at radius 3 is 3.15 bits per heavy atom. The number of aliphatic hydroxyl groups is 1. The topological polar surface area (TPSA) is 45.4 Å². The molecule has 2 aromatic rings. The molecule has 1 heterocycles. The molecule has 3 heteroatoms. The predicted octanol–water partition coefficient (Wildman–Crippen LogP) is 3.69. The molecule has 106 valence electrons. The van der Waals surface area contributed by atoms with Crippen molar-refractivity contribution in [1.29, 1.82) is 0 Å². The van der Waals surface area contributed by atoms with Crippen molar-refractivity contribution in [3.63, 3.8) is 0 Å². The number of anilines is 1. The number of hydrogen-bond acceptors (Lipinski definition) is 3. The lowest BCUT2D eigenvalue weighted by molar-refractivity contribution is 0.288. The van der Waals surface area contributed by atoms with Crippen molar-refractivity contribution in [1.82, 2.24) is 0 Å². The highest BCUT2D eigenvalue weighted by Gasteiger charge is 2.22. The van der Waals surface area contributed by atoms with Gasteiger partial charge in [-0.3, -0.25) is 0 Å². The van der Waals surface area contributed by atoms with Crippen molar-refractivity contribution >= 4 is 5.69 Å². The van der Waals surface area contributed by atoms with Crippen LogP contribution in [0.2, 0.25) is 0 Å². The second kappa shape index (κ2) is 6.14. The molecule has 0 amide bonds. The molecule has 1 aliphatic carbocycles. The summed E-state index contributed by atoms with van der Waals surface area (Å²) in [4.78, 5) is 0. The van der Waals surface area contributed by atoms with Crippen LogP contribution in [0.1, 0.15) is 42.2 Å². The largest absolute Gasteiger partial charge is 0.469 e. The van der Waals surface area contributed by atoms with Gasteiger partial charge in [-0.25, -0.2) is 0 Å². The van der Waals surface area contributed by atoms with Gasteiger partial charge in [0.15, 0.2) is 0 Å². The number of hydrogen-bond donors (Lipinski definition) is 2. The smallest absolute Gasteiger partial charge is 0.109 e. The molecule has 0 fully saturated rings. The molecular formula is C17H21NO2. The SMILES string of the molecule is OCCCc1cccc(NC2CCCc3occc32)c1. The molecule has 3 nitrogen and oxygen atoms in total. The number of rotatable bonds is 5. The number of benzene rings is 1. The summed E-state index contributed by atoms with van der Waals surface area (Å²) in [5, 5.41) is 12.5. The molecule has 0 bridgehead atoms. The van der Waals surface area contributed by atoms with Gasteiger partial charge in [-0.2, -0.15) is 0 Å². The summed E-state index contributed by atoms with van der Waals surface area (Å²) >= 11 is 0. The second-order valence-electron chi connectivity index (χ2n) is 5.42. The third-order valence-electron chi connectivity index (χ3n) is 3.94. The van der Waals surface area contributed by atoms with E-state index in [0.717, 1.165) is 37.1 Å². The van der Waals surface area contributed by atoms with Crippen LogP contribution < -0.4 is 5.32 Å². The van der Waals surface area contributed by atoms with Gasteiger partial charge in [0.2, 0.25) is 0 Å². The normalized spacial score (nSPS) is 17.8. The second-order valence-corrected chi connectivity index (χ2v) is 5.42. The lowest BCUT2D eigenvalue weighted by Crippen LogP contribution is -2.15. The Morgan fingerprint density at radius 2 is 2.25 bits per heavy atom. The lowest BCUT2D eigenvalue weighted by Gasteiger charge is -2.24. The van der Waals surface area contributed by atoms with Gasteiger partial charge in [0.05, 0.1) is 12.3 Å². The minimum atomic E-state index is 0.249. The maximum atomic E-state index is 8.92. The van der Waals surface area contributed by atoms with Gasteiger partial charge in [-0.1, -0.05) is 12.1 Å². The number of fused-ring (bicyclic) bond motifs is 1. The van der Waals surface area contributed by atoms with Crippen molar-refractivity contribution in [2.45, 2.75) is 38.1 Å². The van der Waals surface area contributed by atoms with Crippen LogP contribution in [-0.2, 0) is 12.8 Å². The van der Waals surface area contributed by atoms with Crippen LogP contribution >= 0.6 is 0 Å². The van der Waals surface area contributed by atoms with Crippen LogP contribution in [0.5, 0.6) is 0 Å². The van der Waals surface area contributed by atoms with E-state index in [9.17, 15) is 0 Å². The highest BCUT2D eigenvalue weighted by molar-refractivity contribution is 5.48. The fourth-order valence-electron chi connectivity index (χ4n) is 2.94. The van der Waals surface area contributed by atoms with E-state index in [4.69, 9.17) is 9.52 Å². The Labute approximate surface area is 119 Å². The molecule has 0 aliphatic heterocycles. The molecular weight excluding hydrogens is 250 g/mol. The first kappa shape index (κ1) is 13.3. The van der Waals surface area contributed by atoms with Crippen LogP contribution in [0.25, 0.3) is 0 Å². The van der Waals surface area contributed by atoms with E-state index in [1.807, 2.05) is 0 Å². The van der Waals surface area contributed by atoms with Gasteiger partial charge in [0.25, 0.3) is 0 Å². The predicted molar refractivity (Wildman–Crippen MR) is 79.9 cm³/mol. The number of aliphatic hydroxyl groups excluding tert-OH is 1. The van der Waals surface area contributed by atoms with Crippen LogP contribution in [0.3, 0.4) is 0 Å². The van der Waals surface area contributed by atoms with E-state index in [2.05, 4.69) is 35.6 Å². The van der Waals surface area contributed by atoms with Crippen LogP contribution in [0.15, 0.2) is 41.0 Å². The van der Waals surface area contributed by atoms with Crippen LogP contribution in [0.4, 0.5) is 5.69 Å². The standard InChI is InChI=1S/C17H21NO2/c19-10-3-5-13-4-1-6-14(12-13)18-16-7-2-8-17-15(16)9-11-20-17/h1,4,6,9,11-12,16,18-19H,2-3,5,7-8,10H2. The van der Waals surface area contributed by atoms with Gasteiger partial charge >= 0.3 is 0 Å². The number of aryl methyl sites for hydroxylation is 2. The van der Waals surface area contributed by atoms with E-state index < -0.39 is 0 Å². The third-order valence-corrected chi connectivity index (χ3v) is 3.94. The minimum absolute atomic E-state index is 0.249. The zero-order chi connectivity index (χ0) is 13.8. The maximum Gasteiger partial charge on any atom is 0.109 e. The fourth-order valence-corrected chi connectivity index (χ4v) is 2.94. The molecule has 20 heavy (non-hydrogen) atoms. The third kappa shape index (κ3) is 2.88. The van der Waals surface area contributed by atoms with Gasteiger partial charge in [-0.15, -0.1) is 0 Å². The van der Waals surface area contributed by atoms with Crippen molar-refractivity contribution in [2.24, 2.45) is 0 Å². The molecule has 1 aromatic carbocycles. The van der Waals surface area contributed by atoms with Crippen LogP contribution in [0, 0.1) is 0 Å². The Kier molecular flexibility index (Phi) is 4.07. The highest BCUT2D eigenvalue weighted by atomic mass is 16.3. The molecule has 1 atom stereocenters. The number of nitrogens with one attached hydrogen (secondary N) is 1. The number of furan rings is 1. The summed E-state index contributed by atoms with van der Waals surface area (Å²) in [7, 11) is 0. The Hall–Kier alpha value is -1.74. The minimum Gasteiger partial charge on any atom is -0.469 e. The van der Waals surface area contributed by atoms with E-state index in [0.29, 0.717) is 6.04 Å². The van der Waals surface area contributed by atoms with E-state index in [1.165, 1.54) is 17.5 Å². The summed E-state index contributed by atoms with van der Waals surface area (Å²) in [6, 6.07) is 10.9. The zero-order valence-electron chi connectivity index (χ0n) is 11.6. The van der Waals surface area contributed by atoms with Crippen LogP contribution in [-0.4, -0.2) is 11.7 Å². The quantitative estimate of drug-likeness (QED) is 0.871. The van der Waals surface area contributed by atoms with E-state index in [1.54, 1.807) is 6.26 Å². The van der Waals surface area contributed by atoms with E-state index in [-0.39, 0.29) is 6.61 Å². The van der Waals surface area contributed by atoms with Crippen molar-refractivity contribution in [2.75, 3.05) is 11.9 Å². The molecule has 1 unspecified atom stereocenters. The van der Waals surface area contributed by atoms with Crippen molar-refractivity contribution in [3.8, 4) is 0 Å². The molecule has 0 saturated heterocycles. The van der Waals surface area contributed by atoms with Gasteiger partial charge in [0.1, 0.15) is 5.76 Å². The van der Waals surface area contributed by atoms with Gasteiger partial charge in [0, 0.05) is 24.3 Å². The first-order valence-corrected chi connectivity index (χ1v) is 7.39. The molecule has 0 spiro atoms. The van der Waals surface area contributed by atoms with Crippen molar-refractivity contribution < 1.29 is 9.52 Å². The zero-order valence-corrected chi connectivity index (χ0v) is 11.6. The summed E-state index contributed by atoms with van der Waals surface area (Å²) in [5.74, 6) is 1.13. The van der Waals surface area contributed by atoms with Crippen molar-refractivity contribution in [3.05, 3.63) is 53.5 Å². The Bertz CT molecular complexity index is 562. The average molecular weight is 271 g/mol. The first-order valence-electron chi connectivity index (χ1n) is 7.39. The molecule has 1 aliphatic rings.